The predicted molar refractivity (Wildman–Crippen MR) is 230 cm³/mol. The second-order valence-electron chi connectivity index (χ2n) is 15.4. The van der Waals surface area contributed by atoms with Crippen LogP contribution in [0, 0.1) is 0 Å². The Morgan fingerprint density at radius 2 is 0.769 bits per heavy atom. The van der Waals surface area contributed by atoms with Crippen LogP contribution in [0.2, 0.25) is 0 Å². The zero-order valence-electron chi connectivity index (χ0n) is 34.8. The summed E-state index contributed by atoms with van der Waals surface area (Å²) in [5.41, 5.74) is 0. The van der Waals surface area contributed by atoms with Crippen molar-refractivity contribution in [2.24, 2.45) is 0 Å². The zero-order valence-corrected chi connectivity index (χ0v) is 34.8. The summed E-state index contributed by atoms with van der Waals surface area (Å²) in [6.07, 6.45) is 59.6. The van der Waals surface area contributed by atoms with Crippen molar-refractivity contribution in [2.45, 2.75) is 244 Å². The summed E-state index contributed by atoms with van der Waals surface area (Å²) in [4.78, 5) is 12.3. The van der Waals surface area contributed by atoms with Gasteiger partial charge in [0.05, 0.1) is 18.8 Å². The maximum absolute atomic E-state index is 12.3. The first kappa shape index (κ1) is 50.4. The molecule has 0 fully saturated rings. The Morgan fingerprint density at radius 3 is 1.17 bits per heavy atom. The van der Waals surface area contributed by atoms with E-state index in [4.69, 9.17) is 0 Å². The molecule has 0 saturated heterocycles. The maximum Gasteiger partial charge on any atom is 0.220 e. The van der Waals surface area contributed by atoms with Crippen LogP contribution in [-0.4, -0.2) is 34.9 Å². The van der Waals surface area contributed by atoms with Gasteiger partial charge in [-0.1, -0.05) is 210 Å². The summed E-state index contributed by atoms with van der Waals surface area (Å²) in [6, 6.07) is -0.649. The highest BCUT2D eigenvalue weighted by molar-refractivity contribution is 5.76. The molecular formula is C48H89NO3. The molecule has 304 valence electrons. The molecule has 3 N–H and O–H groups in total. The number of amides is 1. The molecule has 1 amide bonds. The molecule has 0 aliphatic carbocycles. The third-order valence-electron chi connectivity index (χ3n) is 10.3. The Hall–Kier alpha value is -1.65. The predicted octanol–water partition coefficient (Wildman–Crippen LogP) is 14.4. The molecule has 0 saturated carbocycles. The largest absolute Gasteiger partial charge is 0.394 e. The average molecular weight is 728 g/mol. The van der Waals surface area contributed by atoms with E-state index in [9.17, 15) is 15.0 Å². The summed E-state index contributed by atoms with van der Waals surface area (Å²) in [5, 5.41) is 22.9. The third-order valence-corrected chi connectivity index (χ3v) is 10.3. The van der Waals surface area contributed by atoms with Gasteiger partial charge in [-0.05, 0) is 64.2 Å². The third kappa shape index (κ3) is 39.6. The SMILES string of the molecule is CCCC/C=C\CCCCCCCC(=O)NC(CO)C(O)/C=C/CC/C=C/CC/C=C/CCCCCCCCCCCCCCCCCCCCC. The minimum atomic E-state index is -0.873. The van der Waals surface area contributed by atoms with E-state index in [2.05, 4.69) is 55.6 Å². The molecule has 0 aliphatic heterocycles. The highest BCUT2D eigenvalue weighted by Crippen LogP contribution is 2.15. The second-order valence-corrected chi connectivity index (χ2v) is 15.4. The number of carbonyl (C=O) groups is 1. The van der Waals surface area contributed by atoms with Gasteiger partial charge in [-0.2, -0.15) is 0 Å². The van der Waals surface area contributed by atoms with Gasteiger partial charge < -0.3 is 15.5 Å². The topological polar surface area (TPSA) is 69.6 Å². The fourth-order valence-corrected chi connectivity index (χ4v) is 6.72. The molecule has 0 radical (unpaired) electrons. The molecule has 0 rings (SSSR count). The number of hydrogen-bond donors (Lipinski definition) is 3. The molecule has 0 aromatic carbocycles. The van der Waals surface area contributed by atoms with Crippen LogP contribution in [0.3, 0.4) is 0 Å². The first-order valence-electron chi connectivity index (χ1n) is 22.9. The van der Waals surface area contributed by atoms with Gasteiger partial charge in [0.25, 0.3) is 0 Å². The summed E-state index contributed by atoms with van der Waals surface area (Å²) < 4.78 is 0. The Labute approximate surface area is 324 Å². The van der Waals surface area contributed by atoms with Gasteiger partial charge in [-0.15, -0.1) is 0 Å². The van der Waals surface area contributed by atoms with Crippen molar-refractivity contribution >= 4 is 5.91 Å². The van der Waals surface area contributed by atoms with Gasteiger partial charge in [0.1, 0.15) is 0 Å². The molecule has 0 spiro atoms. The lowest BCUT2D eigenvalue weighted by molar-refractivity contribution is -0.123. The average Bonchev–Trinajstić information content (AvgIpc) is 3.15. The summed E-state index contributed by atoms with van der Waals surface area (Å²) in [6.45, 7) is 4.25. The number of allylic oxidation sites excluding steroid dienone is 7. The summed E-state index contributed by atoms with van der Waals surface area (Å²) in [5.74, 6) is -0.0899. The quantitative estimate of drug-likeness (QED) is 0.0434. The molecule has 0 bridgehead atoms. The van der Waals surface area contributed by atoms with E-state index < -0.39 is 12.1 Å². The van der Waals surface area contributed by atoms with Crippen molar-refractivity contribution in [1.82, 2.24) is 5.32 Å². The molecular weight excluding hydrogens is 639 g/mol. The van der Waals surface area contributed by atoms with Crippen LogP contribution in [0.4, 0.5) is 0 Å². The summed E-state index contributed by atoms with van der Waals surface area (Å²) in [7, 11) is 0. The monoisotopic (exact) mass is 728 g/mol. The second kappa shape index (κ2) is 43.8. The van der Waals surface area contributed by atoms with E-state index in [0.29, 0.717) is 6.42 Å². The molecule has 4 nitrogen and oxygen atoms in total. The van der Waals surface area contributed by atoms with Crippen LogP contribution in [0.25, 0.3) is 0 Å². The molecule has 0 heterocycles. The number of aliphatic hydroxyl groups is 2. The van der Waals surface area contributed by atoms with Crippen molar-refractivity contribution in [2.75, 3.05) is 6.61 Å². The van der Waals surface area contributed by atoms with Crippen LogP contribution < -0.4 is 5.32 Å². The van der Waals surface area contributed by atoms with Crippen LogP contribution in [0.15, 0.2) is 48.6 Å². The van der Waals surface area contributed by atoms with Crippen molar-refractivity contribution in [1.29, 1.82) is 0 Å². The van der Waals surface area contributed by atoms with Crippen LogP contribution in [-0.2, 0) is 4.79 Å². The maximum atomic E-state index is 12.3. The first-order valence-corrected chi connectivity index (χ1v) is 22.9. The van der Waals surface area contributed by atoms with E-state index in [1.165, 1.54) is 161 Å². The van der Waals surface area contributed by atoms with Gasteiger partial charge >= 0.3 is 0 Å². The van der Waals surface area contributed by atoms with Crippen molar-refractivity contribution in [3.05, 3.63) is 48.6 Å². The number of rotatable bonds is 41. The molecule has 0 aromatic rings. The Kier molecular flexibility index (Phi) is 42.4. The highest BCUT2D eigenvalue weighted by atomic mass is 16.3. The Balaban J connectivity index is 3.57. The fourth-order valence-electron chi connectivity index (χ4n) is 6.72. The van der Waals surface area contributed by atoms with E-state index in [0.717, 1.165) is 51.4 Å². The van der Waals surface area contributed by atoms with E-state index in [1.807, 2.05) is 6.08 Å². The number of unbranched alkanes of at least 4 members (excludes halogenated alkanes) is 28. The minimum Gasteiger partial charge on any atom is -0.394 e. The van der Waals surface area contributed by atoms with Gasteiger partial charge in [0.2, 0.25) is 5.91 Å². The first-order chi connectivity index (χ1) is 25.7. The molecule has 2 unspecified atom stereocenters. The highest BCUT2D eigenvalue weighted by Gasteiger charge is 2.17. The number of hydrogen-bond acceptors (Lipinski definition) is 3. The molecule has 4 heteroatoms. The fraction of sp³-hybridized carbons (Fsp3) is 0.812. The van der Waals surface area contributed by atoms with E-state index >= 15 is 0 Å². The molecule has 0 aliphatic rings. The Bertz CT molecular complexity index is 831. The van der Waals surface area contributed by atoms with Crippen molar-refractivity contribution in [3.63, 3.8) is 0 Å². The van der Waals surface area contributed by atoms with E-state index in [1.54, 1.807) is 6.08 Å². The summed E-state index contributed by atoms with van der Waals surface area (Å²) >= 11 is 0. The number of carbonyl (C=O) groups excluding carboxylic acids is 1. The lowest BCUT2D eigenvalue weighted by Crippen LogP contribution is -2.45. The van der Waals surface area contributed by atoms with Crippen LogP contribution in [0.1, 0.15) is 232 Å². The number of aliphatic hydroxyl groups excluding tert-OH is 2. The Morgan fingerprint density at radius 1 is 0.442 bits per heavy atom. The smallest absolute Gasteiger partial charge is 0.220 e. The van der Waals surface area contributed by atoms with Crippen molar-refractivity contribution < 1.29 is 15.0 Å². The molecule has 52 heavy (non-hydrogen) atoms. The van der Waals surface area contributed by atoms with Crippen molar-refractivity contribution in [3.8, 4) is 0 Å². The van der Waals surface area contributed by atoms with E-state index in [-0.39, 0.29) is 12.5 Å². The van der Waals surface area contributed by atoms with Gasteiger partial charge in [0, 0.05) is 6.42 Å². The zero-order chi connectivity index (χ0) is 37.8. The molecule has 2 atom stereocenters. The van der Waals surface area contributed by atoms with Crippen LogP contribution in [0.5, 0.6) is 0 Å². The van der Waals surface area contributed by atoms with Crippen LogP contribution >= 0.6 is 0 Å². The minimum absolute atomic E-state index is 0.0899. The standard InChI is InChI=1S/C48H89NO3/c1-3-5-7-9-11-13-15-16-17-18-19-20-21-22-23-24-25-26-27-28-29-30-31-32-34-35-37-39-41-43-47(51)46(45-50)49-48(52)44-42-40-38-36-33-14-12-10-8-6-4-2/h10,12,29-30,34-35,41,43,46-47,50-51H,3-9,11,13-28,31-33,36-40,42,44-45H2,1-2H3,(H,49,52)/b12-10-,30-29+,35-34+,43-41+. The molecule has 0 aromatic heterocycles. The van der Waals surface area contributed by atoms with Gasteiger partial charge in [-0.3, -0.25) is 4.79 Å². The van der Waals surface area contributed by atoms with Gasteiger partial charge in [0.15, 0.2) is 0 Å². The lowest BCUT2D eigenvalue weighted by Gasteiger charge is -2.19. The number of nitrogens with one attached hydrogen (secondary N) is 1. The normalized spacial score (nSPS) is 13.4. The van der Waals surface area contributed by atoms with Gasteiger partial charge in [-0.25, -0.2) is 0 Å². The lowest BCUT2D eigenvalue weighted by atomic mass is 10.0.